The quantitative estimate of drug-likeness (QED) is 0.625. The topological polar surface area (TPSA) is 9.23 Å². The van der Waals surface area contributed by atoms with E-state index in [1.54, 1.807) is 6.07 Å². The zero-order valence-corrected chi connectivity index (χ0v) is 7.86. The van der Waals surface area contributed by atoms with Crippen molar-refractivity contribution in [2.75, 3.05) is 0 Å². The van der Waals surface area contributed by atoms with Gasteiger partial charge in [0, 0.05) is 4.53 Å². The number of aryl methyl sites for hydroxylation is 1. The van der Waals surface area contributed by atoms with E-state index < -0.39 is 0 Å². The van der Waals surface area contributed by atoms with Crippen LogP contribution in [0.3, 0.4) is 0 Å². The summed E-state index contributed by atoms with van der Waals surface area (Å²) in [6.07, 6.45) is 0. The molecule has 0 N–H and O–H groups in total. The molecule has 0 aliphatic rings. The van der Waals surface area contributed by atoms with Crippen LogP contribution in [0.5, 0.6) is 5.75 Å². The van der Waals surface area contributed by atoms with Crippen molar-refractivity contribution in [2.45, 2.75) is 27.7 Å². The zero-order chi connectivity index (χ0) is 9.30. The first-order valence-corrected chi connectivity index (χ1v) is 3.94. The molecule has 0 aromatic heterocycles. The van der Waals surface area contributed by atoms with E-state index in [-0.39, 0.29) is 0 Å². The van der Waals surface area contributed by atoms with Gasteiger partial charge in [-0.05, 0) is 56.0 Å². The number of halogens is 1. The summed E-state index contributed by atoms with van der Waals surface area (Å²) in [6, 6.07) is 1.72. The Morgan fingerprint density at radius 2 is 1.58 bits per heavy atom. The van der Waals surface area contributed by atoms with Crippen LogP contribution < -0.4 is 4.94 Å². The first-order valence-electron chi connectivity index (χ1n) is 3.94. The van der Waals surface area contributed by atoms with Crippen LogP contribution in [0, 0.1) is 27.7 Å². The van der Waals surface area contributed by atoms with Gasteiger partial charge in [0.1, 0.15) is 0 Å². The molecule has 0 bridgehead atoms. The molecule has 0 aliphatic heterocycles. The molecule has 1 nitrogen and oxygen atoms in total. The molecule has 0 fully saturated rings. The summed E-state index contributed by atoms with van der Waals surface area (Å²) in [7, 11) is 0. The highest BCUT2D eigenvalue weighted by Gasteiger charge is 2.07. The minimum atomic E-state index is 0.329. The fraction of sp³-hybridized carbons (Fsp3) is 0.400. The maximum Gasteiger partial charge on any atom is 0.175 e. The molecule has 1 rings (SSSR count). The van der Waals surface area contributed by atoms with Crippen LogP contribution in [-0.4, -0.2) is 0 Å². The Morgan fingerprint density at radius 3 is 2.08 bits per heavy atom. The second-order valence-electron chi connectivity index (χ2n) is 3.14. The average Bonchev–Trinajstić information content (AvgIpc) is 2.08. The summed E-state index contributed by atoms with van der Waals surface area (Å²) in [6.45, 7) is 7.81. The summed E-state index contributed by atoms with van der Waals surface area (Å²) < 4.78 is 12.0. The Balaban J connectivity index is 3.39. The summed E-state index contributed by atoms with van der Waals surface area (Å²) >= 11 is 0. The third kappa shape index (κ3) is 1.29. The minimum Gasteiger partial charge on any atom is -0.294 e. The van der Waals surface area contributed by atoms with E-state index in [1.807, 2.05) is 27.7 Å². The van der Waals surface area contributed by atoms with Crippen molar-refractivity contribution in [1.82, 2.24) is 0 Å². The van der Waals surface area contributed by atoms with E-state index >= 15 is 0 Å². The van der Waals surface area contributed by atoms with Gasteiger partial charge in [-0.1, -0.05) is 0 Å². The average molecular weight is 168 g/mol. The zero-order valence-electron chi connectivity index (χ0n) is 7.86. The van der Waals surface area contributed by atoms with Gasteiger partial charge in [-0.15, -0.1) is 0 Å². The summed E-state index contributed by atoms with van der Waals surface area (Å²) in [5.74, 6) is 0.329. The van der Waals surface area contributed by atoms with Gasteiger partial charge in [-0.25, -0.2) is 0 Å². The van der Waals surface area contributed by atoms with Crippen LogP contribution >= 0.6 is 0 Å². The van der Waals surface area contributed by atoms with Gasteiger partial charge >= 0.3 is 0 Å². The Kier molecular flexibility index (Phi) is 2.36. The summed E-state index contributed by atoms with van der Waals surface area (Å²) in [5.41, 5.74) is 4.24. The molecule has 0 amide bonds. The monoisotopic (exact) mass is 168 g/mol. The highest BCUT2D eigenvalue weighted by atomic mass is 19.3. The predicted octanol–water partition coefficient (Wildman–Crippen LogP) is 3.18. The molecule has 2 heteroatoms. The number of hydrogen-bond donors (Lipinski definition) is 0. The van der Waals surface area contributed by atoms with Crippen LogP contribution in [0.4, 0.5) is 4.53 Å². The van der Waals surface area contributed by atoms with Gasteiger partial charge in [-0.3, -0.25) is 4.94 Å². The van der Waals surface area contributed by atoms with Gasteiger partial charge in [0.25, 0.3) is 0 Å². The molecule has 0 aliphatic carbocycles. The second kappa shape index (κ2) is 3.13. The third-order valence-electron chi connectivity index (χ3n) is 2.52. The lowest BCUT2D eigenvalue weighted by Crippen LogP contribution is -1.93. The lowest BCUT2D eigenvalue weighted by molar-refractivity contribution is -0.00716. The third-order valence-corrected chi connectivity index (χ3v) is 2.52. The Hall–Kier alpha value is -1.05. The fourth-order valence-electron chi connectivity index (χ4n) is 1.26. The van der Waals surface area contributed by atoms with Crippen molar-refractivity contribution in [3.63, 3.8) is 0 Å². The van der Waals surface area contributed by atoms with Gasteiger partial charge in [0.15, 0.2) is 5.75 Å². The Bertz CT molecular complexity index is 305. The molecule has 0 heterocycles. The van der Waals surface area contributed by atoms with E-state index in [0.717, 1.165) is 16.7 Å². The van der Waals surface area contributed by atoms with Crippen molar-refractivity contribution in [2.24, 2.45) is 0 Å². The van der Waals surface area contributed by atoms with Gasteiger partial charge in [0.2, 0.25) is 0 Å². The van der Waals surface area contributed by atoms with E-state index in [0.29, 0.717) is 5.75 Å². The van der Waals surface area contributed by atoms with Crippen LogP contribution in [0.25, 0.3) is 0 Å². The summed E-state index contributed by atoms with van der Waals surface area (Å²) in [4.78, 5) is 3.76. The first-order chi connectivity index (χ1) is 5.57. The molecule has 66 valence electrons. The lowest BCUT2D eigenvalue weighted by Gasteiger charge is -2.10. The normalized spacial score (nSPS) is 10.1. The molecule has 1 aromatic carbocycles. The van der Waals surface area contributed by atoms with Crippen molar-refractivity contribution in [1.29, 1.82) is 0 Å². The molecule has 0 unspecified atom stereocenters. The Labute approximate surface area is 72.1 Å². The highest BCUT2D eigenvalue weighted by molar-refractivity contribution is 5.47. The SMILES string of the molecule is Cc1cc(OF)c(C)c(C)c1C. The minimum absolute atomic E-state index is 0.329. The van der Waals surface area contributed by atoms with Crippen LogP contribution in [0.15, 0.2) is 6.07 Å². The molecule has 0 atom stereocenters. The summed E-state index contributed by atoms with van der Waals surface area (Å²) in [5, 5.41) is 0. The first kappa shape index (κ1) is 9.04. The smallest absolute Gasteiger partial charge is 0.175 e. The molecule has 12 heavy (non-hydrogen) atoms. The van der Waals surface area contributed by atoms with Crippen LogP contribution in [0.2, 0.25) is 0 Å². The lowest BCUT2D eigenvalue weighted by atomic mass is 9.99. The number of rotatable bonds is 1. The molecular weight excluding hydrogens is 155 g/mol. The van der Waals surface area contributed by atoms with Gasteiger partial charge < -0.3 is 0 Å². The molecule has 0 saturated heterocycles. The van der Waals surface area contributed by atoms with E-state index in [4.69, 9.17) is 0 Å². The largest absolute Gasteiger partial charge is 0.294 e. The maximum atomic E-state index is 12.0. The van der Waals surface area contributed by atoms with Crippen LogP contribution in [-0.2, 0) is 0 Å². The van der Waals surface area contributed by atoms with E-state index in [2.05, 4.69) is 4.94 Å². The van der Waals surface area contributed by atoms with Gasteiger partial charge in [-0.2, -0.15) is 0 Å². The number of hydrogen-bond acceptors (Lipinski definition) is 1. The molecule has 0 radical (unpaired) electrons. The standard InChI is InChI=1S/C10H13FO/c1-6-5-10(12-11)9(4)8(3)7(6)2/h5H,1-4H3. The van der Waals surface area contributed by atoms with Crippen molar-refractivity contribution >= 4 is 0 Å². The predicted molar refractivity (Wildman–Crippen MR) is 47.1 cm³/mol. The molecule has 1 aromatic rings. The van der Waals surface area contributed by atoms with Crippen molar-refractivity contribution in [3.8, 4) is 5.75 Å². The van der Waals surface area contributed by atoms with E-state index in [9.17, 15) is 4.53 Å². The van der Waals surface area contributed by atoms with Crippen molar-refractivity contribution < 1.29 is 9.47 Å². The maximum absolute atomic E-state index is 12.0. The number of benzene rings is 1. The molecule has 0 spiro atoms. The van der Waals surface area contributed by atoms with E-state index in [1.165, 1.54) is 5.56 Å². The van der Waals surface area contributed by atoms with Crippen LogP contribution in [0.1, 0.15) is 22.3 Å². The molecular formula is C10H13FO. The van der Waals surface area contributed by atoms with Gasteiger partial charge in [0.05, 0.1) is 0 Å². The fourth-order valence-corrected chi connectivity index (χ4v) is 1.26. The second-order valence-corrected chi connectivity index (χ2v) is 3.14. The highest BCUT2D eigenvalue weighted by Crippen LogP contribution is 2.26. The van der Waals surface area contributed by atoms with Crippen molar-refractivity contribution in [3.05, 3.63) is 28.3 Å². The Morgan fingerprint density at radius 1 is 1.00 bits per heavy atom. The molecule has 0 saturated carbocycles.